The lowest BCUT2D eigenvalue weighted by molar-refractivity contribution is -0.142. The predicted molar refractivity (Wildman–Crippen MR) is 148 cm³/mol. The number of esters is 1. The molecule has 2 aliphatic rings. The first-order valence-corrected chi connectivity index (χ1v) is 14.1. The molecule has 2 aromatic carbocycles. The van der Waals surface area contributed by atoms with Crippen molar-refractivity contribution < 1.29 is 31.9 Å². The van der Waals surface area contributed by atoms with Crippen LogP contribution in [0.4, 0.5) is 24.9 Å². The van der Waals surface area contributed by atoms with Gasteiger partial charge in [-0.1, -0.05) is 42.5 Å². The van der Waals surface area contributed by atoms with Crippen LogP contribution in [0, 0.1) is 5.92 Å². The highest BCUT2D eigenvalue weighted by Crippen LogP contribution is 2.39. The number of hydrogen-bond donors (Lipinski definition) is 1. The average molecular weight is 570 g/mol. The van der Waals surface area contributed by atoms with Gasteiger partial charge in [-0.05, 0) is 79.5 Å². The molecule has 218 valence electrons. The average Bonchev–Trinajstić information content (AvgIpc) is 3.45. The van der Waals surface area contributed by atoms with E-state index >= 15 is 0 Å². The van der Waals surface area contributed by atoms with E-state index in [9.17, 15) is 22.8 Å². The number of amides is 1. The van der Waals surface area contributed by atoms with Crippen LogP contribution in [0.25, 0.3) is 0 Å². The molecule has 0 spiro atoms. The summed E-state index contributed by atoms with van der Waals surface area (Å²) in [4.78, 5) is 29.9. The number of carbonyl (C=O) groups is 2. The molecule has 7 nitrogen and oxygen atoms in total. The van der Waals surface area contributed by atoms with E-state index in [4.69, 9.17) is 9.15 Å². The standard InChI is InChI=1S/C31H34F3N3O4/c1-40-26(38)19-20-7-9-22(10-8-20)23-11-13-25(14-12-23)35-29(39)27-28(31(32,33)34)36-30(41-27)37-17-15-24(16-18-37)21-5-3-2-4-6-21/h2-6,11-14,20,22,24H,7-10,15-19H2,1H3,(H,35,39)/t20-,22-. The number of ether oxygens (including phenoxy) is 1. The molecule has 1 aliphatic carbocycles. The summed E-state index contributed by atoms with van der Waals surface area (Å²) >= 11 is 0. The highest BCUT2D eigenvalue weighted by atomic mass is 19.4. The third-order valence-corrected chi connectivity index (χ3v) is 8.30. The van der Waals surface area contributed by atoms with Crippen LogP contribution in [-0.2, 0) is 15.7 Å². The van der Waals surface area contributed by atoms with Crippen molar-refractivity contribution in [2.45, 2.75) is 63.0 Å². The Morgan fingerprint density at radius 1 is 0.927 bits per heavy atom. The van der Waals surface area contributed by atoms with Gasteiger partial charge in [0.15, 0.2) is 5.69 Å². The maximum absolute atomic E-state index is 13.8. The van der Waals surface area contributed by atoms with Gasteiger partial charge in [0.25, 0.3) is 11.9 Å². The summed E-state index contributed by atoms with van der Waals surface area (Å²) in [5, 5.41) is 2.54. The fourth-order valence-corrected chi connectivity index (χ4v) is 5.96. The van der Waals surface area contributed by atoms with E-state index in [1.54, 1.807) is 17.0 Å². The molecular weight excluding hydrogens is 535 g/mol. The molecule has 1 aromatic heterocycles. The van der Waals surface area contributed by atoms with Crippen molar-refractivity contribution in [1.82, 2.24) is 4.98 Å². The number of alkyl halides is 3. The van der Waals surface area contributed by atoms with Crippen LogP contribution in [-0.4, -0.2) is 37.1 Å². The molecule has 0 atom stereocenters. The van der Waals surface area contributed by atoms with Crippen LogP contribution in [0.3, 0.4) is 0 Å². The lowest BCUT2D eigenvalue weighted by Crippen LogP contribution is -2.33. The fourth-order valence-electron chi connectivity index (χ4n) is 5.96. The van der Waals surface area contributed by atoms with Crippen molar-refractivity contribution in [1.29, 1.82) is 0 Å². The Kier molecular flexibility index (Phi) is 8.65. The summed E-state index contributed by atoms with van der Waals surface area (Å²) in [7, 11) is 1.40. The number of anilines is 2. The van der Waals surface area contributed by atoms with Crippen LogP contribution < -0.4 is 10.2 Å². The number of benzene rings is 2. The molecule has 0 unspecified atom stereocenters. The number of rotatable bonds is 7. The van der Waals surface area contributed by atoms with Crippen molar-refractivity contribution in [3.8, 4) is 0 Å². The summed E-state index contributed by atoms with van der Waals surface area (Å²) in [6, 6.07) is 17.0. The summed E-state index contributed by atoms with van der Waals surface area (Å²) in [5.74, 6) is -1.06. The summed E-state index contributed by atoms with van der Waals surface area (Å²) in [6.07, 6.45) is 0.809. The molecule has 0 radical (unpaired) electrons. The van der Waals surface area contributed by atoms with Gasteiger partial charge in [0.2, 0.25) is 5.76 Å². The van der Waals surface area contributed by atoms with E-state index in [0.717, 1.165) is 44.1 Å². The van der Waals surface area contributed by atoms with Crippen LogP contribution in [0.15, 0.2) is 59.0 Å². The normalized spacial score (nSPS) is 20.0. The zero-order valence-corrected chi connectivity index (χ0v) is 23.0. The highest BCUT2D eigenvalue weighted by Gasteiger charge is 2.42. The number of hydrogen-bond acceptors (Lipinski definition) is 6. The molecule has 0 bridgehead atoms. The number of oxazole rings is 1. The van der Waals surface area contributed by atoms with Crippen LogP contribution in [0.5, 0.6) is 0 Å². The minimum Gasteiger partial charge on any atom is -0.469 e. The first-order valence-electron chi connectivity index (χ1n) is 14.1. The quantitative estimate of drug-likeness (QED) is 0.304. The second-order valence-electron chi connectivity index (χ2n) is 10.9. The Morgan fingerprint density at radius 3 is 2.15 bits per heavy atom. The zero-order chi connectivity index (χ0) is 29.0. The summed E-state index contributed by atoms with van der Waals surface area (Å²) in [6.45, 7) is 0.953. The number of nitrogens with zero attached hydrogens (tertiary/aromatic N) is 2. The van der Waals surface area contributed by atoms with Crippen molar-refractivity contribution in [2.75, 3.05) is 30.4 Å². The Labute approximate surface area is 237 Å². The summed E-state index contributed by atoms with van der Waals surface area (Å²) in [5.41, 5.74) is 1.34. The third-order valence-electron chi connectivity index (χ3n) is 8.30. The fraction of sp³-hybridized carbons (Fsp3) is 0.452. The molecule has 1 N–H and O–H groups in total. The van der Waals surface area contributed by atoms with Gasteiger partial charge in [0.1, 0.15) is 0 Å². The smallest absolute Gasteiger partial charge is 0.437 e. The number of methoxy groups -OCH3 is 1. The largest absolute Gasteiger partial charge is 0.469 e. The van der Waals surface area contributed by atoms with Gasteiger partial charge in [-0.2, -0.15) is 18.2 Å². The number of halogens is 3. The molecule has 1 saturated carbocycles. The van der Waals surface area contributed by atoms with Gasteiger partial charge in [0.05, 0.1) is 7.11 Å². The van der Waals surface area contributed by atoms with Crippen molar-refractivity contribution in [3.63, 3.8) is 0 Å². The maximum Gasteiger partial charge on any atom is 0.437 e. The second kappa shape index (κ2) is 12.4. The van der Waals surface area contributed by atoms with E-state index in [1.165, 1.54) is 12.7 Å². The van der Waals surface area contributed by atoms with E-state index in [1.807, 2.05) is 30.3 Å². The maximum atomic E-state index is 13.8. The van der Waals surface area contributed by atoms with E-state index in [2.05, 4.69) is 22.4 Å². The topological polar surface area (TPSA) is 84.7 Å². The minimum absolute atomic E-state index is 0.186. The van der Waals surface area contributed by atoms with Gasteiger partial charge >= 0.3 is 12.1 Å². The van der Waals surface area contributed by atoms with Crippen molar-refractivity contribution >= 4 is 23.6 Å². The molecule has 5 rings (SSSR count). The lowest BCUT2D eigenvalue weighted by Gasteiger charge is -2.31. The third kappa shape index (κ3) is 6.92. The molecule has 1 saturated heterocycles. The Morgan fingerprint density at radius 2 is 1.54 bits per heavy atom. The van der Waals surface area contributed by atoms with Crippen molar-refractivity contribution in [2.24, 2.45) is 5.92 Å². The first-order chi connectivity index (χ1) is 19.7. The van der Waals surface area contributed by atoms with Crippen LogP contribution >= 0.6 is 0 Å². The zero-order valence-electron chi connectivity index (χ0n) is 23.0. The van der Waals surface area contributed by atoms with Gasteiger partial charge in [-0.15, -0.1) is 0 Å². The Balaban J connectivity index is 1.22. The lowest BCUT2D eigenvalue weighted by atomic mass is 9.77. The first kappa shape index (κ1) is 28.7. The van der Waals surface area contributed by atoms with E-state index < -0.39 is 23.5 Å². The monoisotopic (exact) mass is 569 g/mol. The second-order valence-corrected chi connectivity index (χ2v) is 10.9. The SMILES string of the molecule is COC(=O)C[C@H]1CC[C@H](c2ccc(NC(=O)c3oc(N4CCC(c5ccccc5)CC4)nc3C(F)(F)F)cc2)CC1. The van der Waals surface area contributed by atoms with Gasteiger partial charge < -0.3 is 19.4 Å². The molecule has 2 heterocycles. The molecule has 1 aliphatic heterocycles. The van der Waals surface area contributed by atoms with Crippen molar-refractivity contribution in [3.05, 3.63) is 77.2 Å². The van der Waals surface area contributed by atoms with E-state index in [-0.39, 0.29) is 12.0 Å². The number of carbonyl (C=O) groups excluding carboxylic acids is 2. The Bertz CT molecular complexity index is 1320. The molecule has 10 heteroatoms. The molecular formula is C31H34F3N3O4. The number of nitrogens with one attached hydrogen (secondary N) is 1. The highest BCUT2D eigenvalue weighted by molar-refractivity contribution is 6.03. The molecule has 41 heavy (non-hydrogen) atoms. The van der Waals surface area contributed by atoms with E-state index in [0.29, 0.717) is 43.0 Å². The molecule has 2 fully saturated rings. The molecule has 3 aromatic rings. The molecule has 1 amide bonds. The van der Waals surface area contributed by atoms with Crippen LogP contribution in [0.1, 0.15) is 84.2 Å². The number of piperidine rings is 1. The van der Waals surface area contributed by atoms with Gasteiger partial charge in [-0.25, -0.2) is 0 Å². The Hall–Kier alpha value is -3.82. The minimum atomic E-state index is -4.84. The number of aromatic nitrogens is 1. The van der Waals surface area contributed by atoms with Gasteiger partial charge in [-0.3, -0.25) is 9.59 Å². The predicted octanol–water partition coefficient (Wildman–Crippen LogP) is 7.17. The summed E-state index contributed by atoms with van der Waals surface area (Å²) < 4.78 is 51.8. The van der Waals surface area contributed by atoms with Gasteiger partial charge in [0, 0.05) is 25.2 Å². The van der Waals surface area contributed by atoms with Crippen LogP contribution in [0.2, 0.25) is 0 Å².